The maximum atomic E-state index is 5.26. The molecule has 0 amide bonds. The van der Waals surface area contributed by atoms with Gasteiger partial charge in [-0.1, -0.05) is 78.9 Å². The molecule has 3 heterocycles. The van der Waals surface area contributed by atoms with Gasteiger partial charge in [0, 0.05) is 68.8 Å². The third-order valence-corrected chi connectivity index (χ3v) is 8.95. The van der Waals surface area contributed by atoms with E-state index in [0.29, 0.717) is 5.82 Å². The zero-order valence-electron chi connectivity index (χ0n) is 23.9. The van der Waals surface area contributed by atoms with Gasteiger partial charge in [0.25, 0.3) is 0 Å². The van der Waals surface area contributed by atoms with E-state index < -0.39 is 0 Å². The van der Waals surface area contributed by atoms with Crippen LogP contribution in [0.15, 0.2) is 127 Å². The molecule has 0 spiro atoms. The minimum Gasteiger partial charge on any atom is -0.344 e. The van der Waals surface area contributed by atoms with E-state index in [0.717, 1.165) is 28.0 Å². The van der Waals surface area contributed by atoms with Crippen molar-refractivity contribution in [2.75, 3.05) is 0 Å². The summed E-state index contributed by atoms with van der Waals surface area (Å²) < 4.78 is 6.53. The van der Waals surface area contributed by atoms with Crippen LogP contribution >= 0.6 is 0 Å². The highest BCUT2D eigenvalue weighted by atomic mass is 15.4. The minimum absolute atomic E-state index is 0.711. The highest BCUT2D eigenvalue weighted by molar-refractivity contribution is 6.10. The Labute approximate surface area is 247 Å². The molecule has 0 aliphatic rings. The molecule has 5 nitrogen and oxygen atoms in total. The van der Waals surface area contributed by atoms with E-state index in [9.17, 15) is 0 Å². The number of para-hydroxylation sites is 2. The van der Waals surface area contributed by atoms with Gasteiger partial charge in [0.15, 0.2) is 11.6 Å². The molecule has 5 heteroatoms. The quantitative estimate of drug-likeness (QED) is 0.219. The Morgan fingerprint density at radius 1 is 0.488 bits per heavy atom. The Bertz CT molecular complexity index is 2400. The van der Waals surface area contributed by atoms with Gasteiger partial charge in [-0.2, -0.15) is 0 Å². The number of aryl methyl sites for hydroxylation is 2. The summed E-state index contributed by atoms with van der Waals surface area (Å²) in [6, 6.07) is 45.2. The predicted octanol–water partition coefficient (Wildman–Crippen LogP) is 9.04. The first-order chi connectivity index (χ1) is 21.2. The first-order valence-electron chi connectivity index (χ1n) is 14.6. The van der Waals surface area contributed by atoms with Crippen molar-refractivity contribution >= 4 is 54.4 Å². The van der Waals surface area contributed by atoms with Gasteiger partial charge in [0.1, 0.15) is 0 Å². The summed E-state index contributed by atoms with van der Waals surface area (Å²) in [7, 11) is 4.26. The molecule has 0 bridgehead atoms. The van der Waals surface area contributed by atoms with Gasteiger partial charge >= 0.3 is 0 Å². The lowest BCUT2D eigenvalue weighted by Crippen LogP contribution is -2.00. The predicted molar refractivity (Wildman–Crippen MR) is 178 cm³/mol. The summed E-state index contributed by atoms with van der Waals surface area (Å²) in [5, 5.41) is 12.4. The maximum absolute atomic E-state index is 5.26. The number of aromatic nitrogens is 5. The van der Waals surface area contributed by atoms with Gasteiger partial charge in [0.2, 0.25) is 0 Å². The average Bonchev–Trinajstić information content (AvgIpc) is 3.72. The molecule has 43 heavy (non-hydrogen) atoms. The summed E-state index contributed by atoms with van der Waals surface area (Å²) in [5.41, 5.74) is 7.85. The number of nitrogens with zero attached hydrogens (tertiary/aromatic N) is 5. The van der Waals surface area contributed by atoms with Crippen LogP contribution in [0.4, 0.5) is 0 Å². The second-order valence-electron chi connectivity index (χ2n) is 11.3. The molecule has 9 aromatic rings. The fourth-order valence-corrected chi connectivity index (χ4v) is 6.81. The molecule has 9 rings (SSSR count). The Hall–Kier alpha value is -5.68. The minimum atomic E-state index is 0.711. The Morgan fingerprint density at radius 2 is 1.07 bits per heavy atom. The smallest absolute Gasteiger partial charge is 0.182 e. The lowest BCUT2D eigenvalue weighted by atomic mass is 10.0. The molecule has 0 saturated carbocycles. The van der Waals surface area contributed by atoms with Crippen molar-refractivity contribution in [3.63, 3.8) is 0 Å². The molecule has 0 unspecified atom stereocenters. The maximum Gasteiger partial charge on any atom is 0.182 e. The molecule has 6 aromatic carbocycles. The summed E-state index contributed by atoms with van der Waals surface area (Å²) in [6.45, 7) is 0. The Balaban J connectivity index is 1.33. The lowest BCUT2D eigenvalue weighted by Gasteiger charge is -2.08. The second kappa shape index (κ2) is 8.91. The van der Waals surface area contributed by atoms with Crippen LogP contribution < -0.4 is 0 Å². The van der Waals surface area contributed by atoms with Crippen molar-refractivity contribution in [1.29, 1.82) is 0 Å². The van der Waals surface area contributed by atoms with Gasteiger partial charge in [-0.3, -0.25) is 0 Å². The van der Waals surface area contributed by atoms with Gasteiger partial charge in [0.05, 0.1) is 5.69 Å². The third kappa shape index (κ3) is 3.45. The van der Waals surface area contributed by atoms with Gasteiger partial charge < -0.3 is 9.13 Å². The monoisotopic (exact) mass is 553 g/mol. The molecule has 0 aliphatic heterocycles. The van der Waals surface area contributed by atoms with Crippen LogP contribution in [-0.4, -0.2) is 23.9 Å². The van der Waals surface area contributed by atoms with Gasteiger partial charge in [-0.25, -0.2) is 9.67 Å². The van der Waals surface area contributed by atoms with E-state index in [1.807, 2.05) is 4.68 Å². The highest BCUT2D eigenvalue weighted by Gasteiger charge is 2.19. The summed E-state index contributed by atoms with van der Waals surface area (Å²) in [4.78, 5) is 5.26. The van der Waals surface area contributed by atoms with Crippen LogP contribution in [0.3, 0.4) is 0 Å². The number of hydrogen-bond donors (Lipinski definition) is 0. The van der Waals surface area contributed by atoms with Crippen LogP contribution in [0.25, 0.3) is 82.8 Å². The van der Waals surface area contributed by atoms with Crippen molar-refractivity contribution in [2.24, 2.45) is 14.1 Å². The van der Waals surface area contributed by atoms with Crippen molar-refractivity contribution in [3.05, 3.63) is 127 Å². The van der Waals surface area contributed by atoms with Gasteiger partial charge in [-0.05, 0) is 59.3 Å². The zero-order valence-corrected chi connectivity index (χ0v) is 23.9. The lowest BCUT2D eigenvalue weighted by molar-refractivity contribution is 0.892. The normalized spacial score (nSPS) is 12.0. The van der Waals surface area contributed by atoms with Crippen molar-refractivity contribution in [2.45, 2.75) is 0 Å². The standard InChI is InChI=1S/C38H27N5/c1-41-33-16-7-5-13-28(33)31-22-25(18-20-35(31)41)38-39-37(30-15-9-11-24-10-3-4-12-27(24)30)40-43(38)26-19-21-36-32(23-26)29-14-6-8-17-34(29)42(36)2/h3-23H,1-2H3. The summed E-state index contributed by atoms with van der Waals surface area (Å²) in [5.74, 6) is 1.53. The average molecular weight is 554 g/mol. The Morgan fingerprint density at radius 3 is 1.81 bits per heavy atom. The van der Waals surface area contributed by atoms with Crippen LogP contribution in [0.2, 0.25) is 0 Å². The van der Waals surface area contributed by atoms with Crippen LogP contribution in [0, 0.1) is 0 Å². The zero-order chi connectivity index (χ0) is 28.7. The molecular weight excluding hydrogens is 526 g/mol. The number of benzene rings is 6. The molecule has 3 aromatic heterocycles. The van der Waals surface area contributed by atoms with E-state index in [-0.39, 0.29) is 0 Å². The van der Waals surface area contributed by atoms with Crippen LogP contribution in [0.1, 0.15) is 0 Å². The molecule has 0 aliphatic carbocycles. The first kappa shape index (κ1) is 24.0. The first-order valence-corrected chi connectivity index (χ1v) is 14.6. The van der Waals surface area contributed by atoms with E-state index in [4.69, 9.17) is 10.1 Å². The largest absolute Gasteiger partial charge is 0.344 e. The van der Waals surface area contributed by atoms with Crippen molar-refractivity contribution in [1.82, 2.24) is 23.9 Å². The van der Waals surface area contributed by atoms with E-state index in [2.05, 4.69) is 151 Å². The molecule has 204 valence electrons. The topological polar surface area (TPSA) is 40.6 Å². The van der Waals surface area contributed by atoms with E-state index in [1.54, 1.807) is 0 Å². The number of hydrogen-bond acceptors (Lipinski definition) is 2. The Kier molecular flexibility index (Phi) is 4.97. The number of fused-ring (bicyclic) bond motifs is 7. The molecule has 0 radical (unpaired) electrons. The molecule has 0 fully saturated rings. The van der Waals surface area contributed by atoms with Gasteiger partial charge in [-0.15, -0.1) is 5.10 Å². The fraction of sp³-hybridized carbons (Fsp3) is 0.0526. The van der Waals surface area contributed by atoms with Crippen LogP contribution in [0.5, 0.6) is 0 Å². The molecule has 0 saturated heterocycles. The second-order valence-corrected chi connectivity index (χ2v) is 11.3. The molecule has 0 atom stereocenters. The fourth-order valence-electron chi connectivity index (χ4n) is 6.81. The SMILES string of the molecule is Cn1c2ccccc2c2cc(-c3nc(-c4cccc5ccccc45)nn3-c3ccc4c(c3)c3ccccc3n4C)ccc21. The number of rotatable bonds is 3. The molecular formula is C38H27N5. The van der Waals surface area contributed by atoms with Crippen molar-refractivity contribution in [3.8, 4) is 28.5 Å². The van der Waals surface area contributed by atoms with Crippen molar-refractivity contribution < 1.29 is 0 Å². The molecule has 0 N–H and O–H groups in total. The highest BCUT2D eigenvalue weighted by Crippen LogP contribution is 2.36. The summed E-state index contributed by atoms with van der Waals surface area (Å²) >= 11 is 0. The van der Waals surface area contributed by atoms with Crippen LogP contribution in [-0.2, 0) is 14.1 Å². The third-order valence-electron chi connectivity index (χ3n) is 8.95. The van der Waals surface area contributed by atoms with E-state index in [1.165, 1.54) is 49.0 Å². The van der Waals surface area contributed by atoms with E-state index >= 15 is 0 Å². The summed E-state index contributed by atoms with van der Waals surface area (Å²) in [6.07, 6.45) is 0.